The standard InChI is InChI=1S/C32H20N8/c1-19-20(2)36-30-29(35-19)39(25-15-13-21-9-5-7-11-23(21)17-25)31-32(38-28(34-4)27(33-3)37-31)40(30)26-16-14-22-10-6-8-12-24(22)18-26/h5-18H,1-2H3. The minimum Gasteiger partial charge on any atom is -0.370 e. The van der Waals surface area contributed by atoms with E-state index >= 15 is 0 Å². The molecule has 7 rings (SSSR count). The highest BCUT2D eigenvalue weighted by atomic mass is 15.4. The van der Waals surface area contributed by atoms with Gasteiger partial charge in [-0.3, -0.25) is 9.80 Å². The van der Waals surface area contributed by atoms with Gasteiger partial charge in [-0.1, -0.05) is 73.8 Å². The summed E-state index contributed by atoms with van der Waals surface area (Å²) in [6.45, 7) is 19.3. The molecule has 4 aromatic carbocycles. The van der Waals surface area contributed by atoms with Crippen molar-refractivity contribution in [2.24, 2.45) is 0 Å². The van der Waals surface area contributed by atoms with E-state index in [-0.39, 0.29) is 11.6 Å². The molecule has 0 saturated carbocycles. The molecule has 0 saturated heterocycles. The van der Waals surface area contributed by atoms with Crippen LogP contribution in [0, 0.1) is 27.0 Å². The first-order valence-electron chi connectivity index (χ1n) is 12.7. The lowest BCUT2D eigenvalue weighted by atomic mass is 10.1. The van der Waals surface area contributed by atoms with Crippen molar-refractivity contribution in [2.75, 3.05) is 9.80 Å². The van der Waals surface area contributed by atoms with E-state index in [4.69, 9.17) is 33.1 Å². The lowest BCUT2D eigenvalue weighted by Crippen LogP contribution is -2.28. The molecule has 0 unspecified atom stereocenters. The van der Waals surface area contributed by atoms with E-state index in [1.54, 1.807) is 0 Å². The number of anilines is 6. The predicted molar refractivity (Wildman–Crippen MR) is 158 cm³/mol. The topological polar surface area (TPSA) is 66.8 Å². The van der Waals surface area contributed by atoms with Crippen molar-refractivity contribution in [1.82, 2.24) is 19.9 Å². The average molecular weight is 517 g/mol. The fraction of sp³-hybridized carbons (Fsp3) is 0.0625. The lowest BCUT2D eigenvalue weighted by molar-refractivity contribution is 0.957. The third kappa shape index (κ3) is 3.52. The molecule has 188 valence electrons. The fourth-order valence-electron chi connectivity index (χ4n) is 5.05. The van der Waals surface area contributed by atoms with Gasteiger partial charge in [0.05, 0.1) is 22.8 Å². The van der Waals surface area contributed by atoms with Crippen LogP contribution in [0.4, 0.5) is 46.3 Å². The number of aryl methyl sites for hydroxylation is 2. The van der Waals surface area contributed by atoms with E-state index in [2.05, 4.69) is 46.1 Å². The number of hydrogen-bond acceptors (Lipinski definition) is 6. The molecule has 40 heavy (non-hydrogen) atoms. The number of hydrogen-bond donors (Lipinski definition) is 0. The Labute approximate surface area is 230 Å². The van der Waals surface area contributed by atoms with Crippen molar-refractivity contribution >= 4 is 67.8 Å². The molecule has 0 spiro atoms. The number of aromatic nitrogens is 4. The molecule has 0 bridgehead atoms. The van der Waals surface area contributed by atoms with Crippen molar-refractivity contribution in [3.63, 3.8) is 0 Å². The van der Waals surface area contributed by atoms with E-state index < -0.39 is 0 Å². The Hall–Kier alpha value is -5.86. The van der Waals surface area contributed by atoms with Gasteiger partial charge in [0.25, 0.3) is 11.6 Å². The molecule has 8 heteroatoms. The van der Waals surface area contributed by atoms with Gasteiger partial charge in [-0.2, -0.15) is 0 Å². The summed E-state index contributed by atoms with van der Waals surface area (Å²) in [5, 5.41) is 4.30. The molecule has 3 heterocycles. The first-order chi connectivity index (χ1) is 19.6. The van der Waals surface area contributed by atoms with E-state index in [9.17, 15) is 0 Å². The zero-order valence-electron chi connectivity index (χ0n) is 21.7. The van der Waals surface area contributed by atoms with Crippen molar-refractivity contribution in [3.05, 3.63) is 119 Å². The van der Waals surface area contributed by atoms with Crippen molar-refractivity contribution in [2.45, 2.75) is 13.8 Å². The van der Waals surface area contributed by atoms with Gasteiger partial charge in [-0.25, -0.2) is 9.97 Å². The highest BCUT2D eigenvalue weighted by molar-refractivity contribution is 6.00. The van der Waals surface area contributed by atoms with Crippen LogP contribution in [0.3, 0.4) is 0 Å². The van der Waals surface area contributed by atoms with Crippen LogP contribution in [-0.4, -0.2) is 19.9 Å². The summed E-state index contributed by atoms with van der Waals surface area (Å²) in [6.07, 6.45) is 0. The molecule has 0 radical (unpaired) electrons. The largest absolute Gasteiger partial charge is 0.370 e. The van der Waals surface area contributed by atoms with Crippen molar-refractivity contribution in [3.8, 4) is 0 Å². The molecule has 1 aliphatic rings. The number of benzene rings is 4. The Kier molecular flexibility index (Phi) is 5.16. The van der Waals surface area contributed by atoms with Crippen LogP contribution >= 0.6 is 0 Å². The summed E-state index contributed by atoms with van der Waals surface area (Å²) in [5.74, 6) is 1.84. The summed E-state index contributed by atoms with van der Waals surface area (Å²) in [7, 11) is 0. The fourth-order valence-corrected chi connectivity index (χ4v) is 5.05. The maximum Gasteiger partial charge on any atom is 0.300 e. The maximum atomic E-state index is 7.71. The van der Waals surface area contributed by atoms with Gasteiger partial charge in [-0.05, 0) is 59.7 Å². The van der Waals surface area contributed by atoms with Crippen LogP contribution in [0.1, 0.15) is 11.4 Å². The van der Waals surface area contributed by atoms with Crippen LogP contribution in [0.15, 0.2) is 84.9 Å². The van der Waals surface area contributed by atoms with E-state index in [0.29, 0.717) is 23.3 Å². The summed E-state index contributed by atoms with van der Waals surface area (Å²) in [5.41, 5.74) is 3.17. The highest BCUT2D eigenvalue weighted by Crippen LogP contribution is 2.53. The Bertz CT molecular complexity index is 1940. The Morgan fingerprint density at radius 1 is 0.500 bits per heavy atom. The van der Waals surface area contributed by atoms with Gasteiger partial charge in [-0.15, -0.1) is 9.97 Å². The highest BCUT2D eigenvalue weighted by Gasteiger charge is 2.41. The summed E-state index contributed by atoms with van der Waals surface area (Å²) < 4.78 is 0. The van der Waals surface area contributed by atoms with Gasteiger partial charge in [0.1, 0.15) is 0 Å². The minimum absolute atomic E-state index is 0.0572. The second-order valence-electron chi connectivity index (χ2n) is 9.52. The van der Waals surface area contributed by atoms with Crippen molar-refractivity contribution in [1.29, 1.82) is 0 Å². The van der Waals surface area contributed by atoms with E-state index in [1.165, 1.54) is 0 Å². The number of nitrogens with zero attached hydrogens (tertiary/aromatic N) is 8. The van der Waals surface area contributed by atoms with Gasteiger partial charge < -0.3 is 9.69 Å². The Balaban J connectivity index is 1.57. The number of fused-ring (bicyclic) bond motifs is 4. The second-order valence-corrected chi connectivity index (χ2v) is 9.52. The van der Waals surface area contributed by atoms with Crippen LogP contribution in [-0.2, 0) is 0 Å². The van der Waals surface area contributed by atoms with Crippen LogP contribution < -0.4 is 9.80 Å². The molecule has 0 atom stereocenters. The maximum absolute atomic E-state index is 7.71. The SMILES string of the molecule is [C-]#[N+]c1nc2c(nc1[N+]#[C-])N(c1ccc3ccccc3c1)c1nc(C)c(C)nc1N2c1ccc2ccccc2c1. The van der Waals surface area contributed by atoms with Gasteiger partial charge >= 0.3 is 11.6 Å². The molecule has 6 aromatic rings. The molecular weight excluding hydrogens is 496 g/mol. The normalized spacial score (nSPS) is 12.1. The molecule has 1 aliphatic heterocycles. The van der Waals surface area contributed by atoms with Crippen LogP contribution in [0.25, 0.3) is 31.2 Å². The predicted octanol–water partition coefficient (Wildman–Crippen LogP) is 8.54. The molecule has 0 fully saturated rings. The van der Waals surface area contributed by atoms with Crippen LogP contribution in [0.2, 0.25) is 0 Å². The smallest absolute Gasteiger partial charge is 0.300 e. The lowest BCUT2D eigenvalue weighted by Gasteiger charge is -2.34. The van der Waals surface area contributed by atoms with Crippen molar-refractivity contribution < 1.29 is 0 Å². The molecule has 0 aliphatic carbocycles. The molecular formula is C32H20N8. The molecule has 8 nitrogen and oxygen atoms in total. The molecule has 2 aromatic heterocycles. The third-order valence-corrected chi connectivity index (χ3v) is 7.14. The summed E-state index contributed by atoms with van der Waals surface area (Å²) in [6, 6.07) is 28.5. The summed E-state index contributed by atoms with van der Waals surface area (Å²) in [4.78, 5) is 30.3. The van der Waals surface area contributed by atoms with E-state index in [0.717, 1.165) is 44.3 Å². The minimum atomic E-state index is -0.0572. The molecule has 0 N–H and O–H groups in total. The first-order valence-corrected chi connectivity index (χ1v) is 12.7. The van der Waals surface area contributed by atoms with Gasteiger partial charge in [0.15, 0.2) is 11.6 Å². The Morgan fingerprint density at radius 3 is 1.27 bits per heavy atom. The second kappa shape index (κ2) is 8.87. The first kappa shape index (κ1) is 23.3. The Morgan fingerprint density at radius 2 is 0.875 bits per heavy atom. The van der Waals surface area contributed by atoms with Gasteiger partial charge in [0.2, 0.25) is 0 Å². The average Bonchev–Trinajstić information content (AvgIpc) is 2.99. The quantitative estimate of drug-likeness (QED) is 0.215. The van der Waals surface area contributed by atoms with Crippen LogP contribution in [0.5, 0.6) is 0 Å². The number of rotatable bonds is 2. The van der Waals surface area contributed by atoms with Gasteiger partial charge in [0, 0.05) is 0 Å². The zero-order chi connectivity index (χ0) is 27.4. The van der Waals surface area contributed by atoms with E-state index in [1.807, 2.05) is 72.2 Å². The zero-order valence-corrected chi connectivity index (χ0v) is 21.7. The monoisotopic (exact) mass is 516 g/mol. The molecule has 0 amide bonds. The summed E-state index contributed by atoms with van der Waals surface area (Å²) >= 11 is 0. The third-order valence-electron chi connectivity index (χ3n) is 7.14.